The first-order chi connectivity index (χ1) is 16.1. The van der Waals surface area contributed by atoms with Gasteiger partial charge in [-0.2, -0.15) is 0 Å². The molecule has 2 aliphatic rings. The molecule has 4 N–H and O–H groups in total. The van der Waals surface area contributed by atoms with E-state index in [0.717, 1.165) is 16.9 Å². The van der Waals surface area contributed by atoms with E-state index in [2.05, 4.69) is 25.8 Å². The van der Waals surface area contributed by atoms with E-state index < -0.39 is 6.03 Å². The van der Waals surface area contributed by atoms with Gasteiger partial charge in [-0.05, 0) is 54.6 Å². The Kier molecular flexibility index (Phi) is 5.54. The Morgan fingerprint density at radius 1 is 1.09 bits per heavy atom. The van der Waals surface area contributed by atoms with E-state index >= 15 is 0 Å². The predicted molar refractivity (Wildman–Crippen MR) is 126 cm³/mol. The number of hydrogen-bond acceptors (Lipinski definition) is 4. The monoisotopic (exact) mass is 447 g/mol. The molecule has 0 aliphatic carbocycles. The Hall–Kier alpha value is -4.11. The van der Waals surface area contributed by atoms with Crippen LogP contribution in [0.25, 0.3) is 11.6 Å². The quantitative estimate of drug-likeness (QED) is 0.452. The van der Waals surface area contributed by atoms with Crippen LogP contribution >= 0.6 is 0 Å². The average molecular weight is 447 g/mol. The van der Waals surface area contributed by atoms with Crippen molar-refractivity contribution in [2.75, 3.05) is 47.2 Å². The van der Waals surface area contributed by atoms with Crippen LogP contribution in [0.2, 0.25) is 0 Å². The van der Waals surface area contributed by atoms with E-state index in [4.69, 9.17) is 4.74 Å². The standard InChI is InChI=1S/C24H22FN5O3/c25-15-3-5-16(6-4-15)27-24(32)29-21-14-20-18(13-22(21)30-8-10-33-11-9-30)19(23(31)28-20)12-17-2-1-7-26-17/h1-7,12-14,26H,8-11H2,(H,28,31)(H2,27,29,32)/b19-12-. The molecule has 3 aromatic rings. The van der Waals surface area contributed by atoms with Gasteiger partial charge < -0.3 is 30.6 Å². The average Bonchev–Trinajstić information content (AvgIpc) is 3.43. The summed E-state index contributed by atoms with van der Waals surface area (Å²) in [5, 5.41) is 8.45. The van der Waals surface area contributed by atoms with Crippen LogP contribution in [0.4, 0.5) is 31.9 Å². The molecule has 9 heteroatoms. The molecule has 0 radical (unpaired) electrons. The summed E-state index contributed by atoms with van der Waals surface area (Å²) in [4.78, 5) is 30.6. The molecule has 3 amide bonds. The van der Waals surface area contributed by atoms with Gasteiger partial charge in [0.25, 0.3) is 5.91 Å². The Morgan fingerprint density at radius 3 is 2.61 bits per heavy atom. The highest BCUT2D eigenvalue weighted by Crippen LogP contribution is 2.40. The smallest absolute Gasteiger partial charge is 0.323 e. The van der Waals surface area contributed by atoms with Crippen LogP contribution in [0.1, 0.15) is 11.3 Å². The number of halogens is 1. The number of anilines is 4. The lowest BCUT2D eigenvalue weighted by atomic mass is 10.0. The number of hydrogen-bond donors (Lipinski definition) is 4. The number of H-pyrrole nitrogens is 1. The van der Waals surface area contributed by atoms with Crippen molar-refractivity contribution in [3.63, 3.8) is 0 Å². The van der Waals surface area contributed by atoms with Crippen molar-refractivity contribution in [3.05, 3.63) is 71.8 Å². The number of nitrogens with one attached hydrogen (secondary N) is 4. The number of fused-ring (bicyclic) bond motifs is 1. The van der Waals surface area contributed by atoms with Crippen LogP contribution in [-0.2, 0) is 9.53 Å². The molecule has 0 bridgehead atoms. The zero-order chi connectivity index (χ0) is 22.8. The third kappa shape index (κ3) is 4.44. The second-order valence-corrected chi connectivity index (χ2v) is 7.74. The fourth-order valence-electron chi connectivity index (χ4n) is 3.94. The normalized spacial score (nSPS) is 16.5. The largest absolute Gasteiger partial charge is 0.378 e. The minimum absolute atomic E-state index is 0.208. The molecule has 1 fully saturated rings. The van der Waals surface area contributed by atoms with Crippen molar-refractivity contribution in [1.29, 1.82) is 0 Å². The minimum Gasteiger partial charge on any atom is -0.378 e. The molecule has 1 aromatic heterocycles. The number of amides is 3. The molecule has 0 spiro atoms. The number of benzene rings is 2. The summed E-state index contributed by atoms with van der Waals surface area (Å²) in [6.45, 7) is 2.45. The molecule has 1 saturated heterocycles. The number of carbonyl (C=O) groups excluding carboxylic acids is 2. The molecular weight excluding hydrogens is 425 g/mol. The number of rotatable bonds is 4. The number of aromatic amines is 1. The molecular formula is C24H22FN5O3. The second-order valence-electron chi connectivity index (χ2n) is 7.74. The molecule has 2 aromatic carbocycles. The Labute approximate surface area is 189 Å². The lowest BCUT2D eigenvalue weighted by molar-refractivity contribution is -0.110. The molecule has 0 atom stereocenters. The number of carbonyl (C=O) groups is 2. The molecule has 0 unspecified atom stereocenters. The highest BCUT2D eigenvalue weighted by atomic mass is 19.1. The second kappa shape index (κ2) is 8.79. The third-order valence-electron chi connectivity index (χ3n) is 5.54. The maximum Gasteiger partial charge on any atom is 0.323 e. The van der Waals surface area contributed by atoms with Crippen LogP contribution < -0.4 is 20.9 Å². The maximum atomic E-state index is 13.2. The summed E-state index contributed by atoms with van der Waals surface area (Å²) in [7, 11) is 0. The molecule has 5 rings (SSSR count). The first-order valence-corrected chi connectivity index (χ1v) is 10.6. The lowest BCUT2D eigenvalue weighted by Gasteiger charge is -2.31. The van der Waals surface area contributed by atoms with E-state index in [1.807, 2.05) is 18.2 Å². The summed E-state index contributed by atoms with van der Waals surface area (Å²) < 4.78 is 18.6. The van der Waals surface area contributed by atoms with Gasteiger partial charge in [0.2, 0.25) is 0 Å². The fourth-order valence-corrected chi connectivity index (χ4v) is 3.94. The Morgan fingerprint density at radius 2 is 1.88 bits per heavy atom. The zero-order valence-electron chi connectivity index (χ0n) is 17.7. The van der Waals surface area contributed by atoms with Gasteiger partial charge in [-0.3, -0.25) is 4.79 Å². The first kappa shape index (κ1) is 20.8. The first-order valence-electron chi connectivity index (χ1n) is 10.6. The van der Waals surface area contributed by atoms with Crippen LogP contribution in [-0.4, -0.2) is 43.2 Å². The van der Waals surface area contributed by atoms with Gasteiger partial charge in [0.05, 0.1) is 35.8 Å². The number of morpholine rings is 1. The number of nitrogens with zero attached hydrogens (tertiary/aromatic N) is 1. The van der Waals surface area contributed by atoms with Crippen LogP contribution in [0.3, 0.4) is 0 Å². The predicted octanol–water partition coefficient (Wildman–Crippen LogP) is 4.13. The van der Waals surface area contributed by atoms with Gasteiger partial charge in [-0.25, -0.2) is 9.18 Å². The van der Waals surface area contributed by atoms with E-state index in [1.165, 1.54) is 24.3 Å². The third-order valence-corrected chi connectivity index (χ3v) is 5.54. The van der Waals surface area contributed by atoms with E-state index in [1.54, 1.807) is 18.3 Å². The molecule has 8 nitrogen and oxygen atoms in total. The van der Waals surface area contributed by atoms with E-state index in [0.29, 0.717) is 48.9 Å². The van der Waals surface area contributed by atoms with Gasteiger partial charge in [0, 0.05) is 36.2 Å². The highest BCUT2D eigenvalue weighted by Gasteiger charge is 2.28. The van der Waals surface area contributed by atoms with Gasteiger partial charge in [0.15, 0.2) is 0 Å². The number of aromatic nitrogens is 1. The lowest BCUT2D eigenvalue weighted by Crippen LogP contribution is -2.37. The van der Waals surface area contributed by atoms with Crippen molar-refractivity contribution >= 4 is 46.3 Å². The van der Waals surface area contributed by atoms with Gasteiger partial charge in [0.1, 0.15) is 5.82 Å². The van der Waals surface area contributed by atoms with Crippen LogP contribution in [0, 0.1) is 5.82 Å². The van der Waals surface area contributed by atoms with Crippen molar-refractivity contribution in [2.45, 2.75) is 0 Å². The summed E-state index contributed by atoms with van der Waals surface area (Å²) >= 11 is 0. The SMILES string of the molecule is O=C(Nc1ccc(F)cc1)Nc1cc2c(cc1N1CCOCC1)/C(=C/c1ccc[nH]1)C(=O)N2. The van der Waals surface area contributed by atoms with Crippen LogP contribution in [0.15, 0.2) is 54.7 Å². The zero-order valence-corrected chi connectivity index (χ0v) is 17.7. The highest BCUT2D eigenvalue weighted by molar-refractivity contribution is 6.35. The number of ether oxygens (including phenoxy) is 1. The summed E-state index contributed by atoms with van der Waals surface area (Å²) in [5.74, 6) is -0.589. The van der Waals surface area contributed by atoms with Gasteiger partial charge in [-0.15, -0.1) is 0 Å². The molecule has 3 heterocycles. The van der Waals surface area contributed by atoms with Crippen LogP contribution in [0.5, 0.6) is 0 Å². The minimum atomic E-state index is -0.470. The maximum absolute atomic E-state index is 13.2. The van der Waals surface area contributed by atoms with E-state index in [-0.39, 0.29) is 11.7 Å². The topological polar surface area (TPSA) is 98.5 Å². The Balaban J connectivity index is 1.48. The van der Waals surface area contributed by atoms with Crippen molar-refractivity contribution < 1.29 is 18.7 Å². The van der Waals surface area contributed by atoms with Gasteiger partial charge in [-0.1, -0.05) is 0 Å². The fraction of sp³-hybridized carbons (Fsp3) is 0.167. The van der Waals surface area contributed by atoms with Gasteiger partial charge >= 0.3 is 6.03 Å². The van der Waals surface area contributed by atoms with Crippen molar-refractivity contribution in [3.8, 4) is 0 Å². The van der Waals surface area contributed by atoms with Crippen molar-refractivity contribution in [2.24, 2.45) is 0 Å². The van der Waals surface area contributed by atoms with Crippen molar-refractivity contribution in [1.82, 2.24) is 4.98 Å². The summed E-state index contributed by atoms with van der Waals surface area (Å²) in [6.07, 6.45) is 3.60. The molecule has 0 saturated carbocycles. The van der Waals surface area contributed by atoms with E-state index in [9.17, 15) is 14.0 Å². The summed E-state index contributed by atoms with van der Waals surface area (Å²) in [6, 6.07) is 12.5. The summed E-state index contributed by atoms with van der Waals surface area (Å²) in [5.41, 5.74) is 4.56. The molecule has 2 aliphatic heterocycles. The molecule has 33 heavy (non-hydrogen) atoms. The Bertz CT molecular complexity index is 1220. The molecule has 168 valence electrons. The number of urea groups is 1.